The van der Waals surface area contributed by atoms with Crippen molar-refractivity contribution in [2.75, 3.05) is 0 Å². The topological polar surface area (TPSA) is 25.8 Å². The second kappa shape index (κ2) is 6.01. The van der Waals surface area contributed by atoms with Crippen LogP contribution < -0.4 is 0 Å². The summed E-state index contributed by atoms with van der Waals surface area (Å²) in [5.41, 5.74) is 2.05. The standard InChI is InChI=1S/C18H10N2.Y/c1-2-14-7-9-20-12-18(14)17(3-1)15-5-4-13-6-8-19-11-16(13)10-15;/h1-2,4,6-12H;/q-2;. The third-order valence-corrected chi connectivity index (χ3v) is 3.45. The van der Waals surface area contributed by atoms with Crippen LogP contribution >= 0.6 is 0 Å². The van der Waals surface area contributed by atoms with Gasteiger partial charge in [0.2, 0.25) is 0 Å². The van der Waals surface area contributed by atoms with E-state index in [4.69, 9.17) is 0 Å². The maximum atomic E-state index is 4.22. The van der Waals surface area contributed by atoms with Crippen LogP contribution in [-0.4, -0.2) is 9.97 Å². The van der Waals surface area contributed by atoms with Gasteiger partial charge in [0.05, 0.1) is 0 Å². The summed E-state index contributed by atoms with van der Waals surface area (Å²) in [6, 6.07) is 18.7. The number of hydrogen-bond donors (Lipinski definition) is 0. The van der Waals surface area contributed by atoms with Gasteiger partial charge in [-0.1, -0.05) is 22.9 Å². The Morgan fingerprint density at radius 2 is 1.62 bits per heavy atom. The van der Waals surface area contributed by atoms with Gasteiger partial charge in [0.1, 0.15) is 0 Å². The van der Waals surface area contributed by atoms with Gasteiger partial charge in [-0.15, -0.1) is 22.9 Å². The molecule has 0 unspecified atom stereocenters. The Labute approximate surface area is 148 Å². The van der Waals surface area contributed by atoms with Crippen LogP contribution in [0.1, 0.15) is 0 Å². The predicted molar refractivity (Wildman–Crippen MR) is 80.2 cm³/mol. The summed E-state index contributed by atoms with van der Waals surface area (Å²) in [6.07, 6.45) is 7.35. The van der Waals surface area contributed by atoms with Gasteiger partial charge in [0.15, 0.2) is 0 Å². The van der Waals surface area contributed by atoms with E-state index in [9.17, 15) is 0 Å². The van der Waals surface area contributed by atoms with E-state index in [0.29, 0.717) is 0 Å². The Bertz CT molecular complexity index is 913. The predicted octanol–water partition coefficient (Wildman–Crippen LogP) is 4.05. The minimum absolute atomic E-state index is 0. The first-order chi connectivity index (χ1) is 9.92. The molecule has 4 rings (SSSR count). The number of hydrogen-bond acceptors (Lipinski definition) is 2. The molecule has 1 radical (unpaired) electrons. The van der Waals surface area contributed by atoms with Crippen molar-refractivity contribution in [2.24, 2.45) is 0 Å². The molecule has 0 spiro atoms. The number of pyridine rings is 2. The molecular weight excluding hydrogens is 333 g/mol. The second-order valence-corrected chi connectivity index (χ2v) is 4.67. The van der Waals surface area contributed by atoms with E-state index in [1.165, 1.54) is 0 Å². The van der Waals surface area contributed by atoms with Gasteiger partial charge in [-0.3, -0.25) is 9.97 Å². The Kier molecular flexibility index (Phi) is 4.09. The molecule has 0 fully saturated rings. The van der Waals surface area contributed by atoms with Crippen LogP contribution in [0.5, 0.6) is 0 Å². The Hall–Kier alpha value is -1.64. The summed E-state index contributed by atoms with van der Waals surface area (Å²) in [7, 11) is 0. The van der Waals surface area contributed by atoms with Crippen molar-refractivity contribution in [3.8, 4) is 11.1 Å². The van der Waals surface area contributed by atoms with E-state index >= 15 is 0 Å². The molecule has 2 aromatic heterocycles. The Balaban J connectivity index is 0.00000132. The smallest absolute Gasteiger partial charge is 0.0247 e. The molecule has 97 valence electrons. The first-order valence-corrected chi connectivity index (χ1v) is 6.42. The van der Waals surface area contributed by atoms with Crippen molar-refractivity contribution in [1.82, 2.24) is 9.97 Å². The van der Waals surface area contributed by atoms with Gasteiger partial charge in [-0.05, 0) is 6.20 Å². The first-order valence-electron chi connectivity index (χ1n) is 6.42. The average molecular weight is 343 g/mol. The van der Waals surface area contributed by atoms with Gasteiger partial charge in [-0.25, -0.2) is 11.1 Å². The molecule has 2 heterocycles. The SMILES string of the molecule is [Y].[c-]1cc2ccncc2cc1-c1[c-]ccc2ccncc12. The summed E-state index contributed by atoms with van der Waals surface area (Å²) < 4.78 is 0. The number of fused-ring (bicyclic) bond motifs is 2. The third-order valence-electron chi connectivity index (χ3n) is 3.45. The molecule has 0 amide bonds. The van der Waals surface area contributed by atoms with Crippen LogP contribution in [-0.2, 0) is 32.7 Å². The minimum atomic E-state index is 0. The molecule has 0 aliphatic rings. The summed E-state index contributed by atoms with van der Waals surface area (Å²) in [4.78, 5) is 8.39. The van der Waals surface area contributed by atoms with E-state index < -0.39 is 0 Å². The monoisotopic (exact) mass is 343 g/mol. The summed E-state index contributed by atoms with van der Waals surface area (Å²) in [5.74, 6) is 0. The zero-order valence-corrected chi connectivity index (χ0v) is 14.1. The Morgan fingerprint density at radius 1 is 0.810 bits per heavy atom. The number of aromatic nitrogens is 2. The van der Waals surface area contributed by atoms with Crippen LogP contribution in [0.2, 0.25) is 0 Å². The fourth-order valence-corrected chi connectivity index (χ4v) is 2.44. The minimum Gasteiger partial charge on any atom is -0.275 e. The quantitative estimate of drug-likeness (QED) is 0.488. The van der Waals surface area contributed by atoms with Crippen molar-refractivity contribution >= 4 is 21.5 Å². The number of nitrogens with zero attached hydrogens (tertiary/aromatic N) is 2. The van der Waals surface area contributed by atoms with Gasteiger partial charge in [-0.2, -0.15) is 24.3 Å². The summed E-state index contributed by atoms with van der Waals surface area (Å²) in [6.45, 7) is 0. The maximum Gasteiger partial charge on any atom is 0.0247 e. The molecular formula is C18H10N2Y-2. The van der Waals surface area contributed by atoms with E-state index in [-0.39, 0.29) is 32.7 Å². The Morgan fingerprint density at radius 3 is 2.52 bits per heavy atom. The van der Waals surface area contributed by atoms with Crippen molar-refractivity contribution in [2.45, 2.75) is 0 Å². The molecule has 0 aliphatic heterocycles. The maximum absolute atomic E-state index is 4.22. The normalized spacial score (nSPS) is 10.5. The van der Waals surface area contributed by atoms with Crippen molar-refractivity contribution < 1.29 is 32.7 Å². The van der Waals surface area contributed by atoms with Crippen LogP contribution in [0, 0.1) is 12.1 Å². The summed E-state index contributed by atoms with van der Waals surface area (Å²) in [5, 5.41) is 4.50. The fourth-order valence-electron chi connectivity index (χ4n) is 2.44. The zero-order valence-electron chi connectivity index (χ0n) is 11.2. The number of rotatable bonds is 1. The molecule has 2 nitrogen and oxygen atoms in total. The molecule has 21 heavy (non-hydrogen) atoms. The van der Waals surface area contributed by atoms with E-state index in [0.717, 1.165) is 32.7 Å². The molecule has 0 aliphatic carbocycles. The van der Waals surface area contributed by atoms with E-state index in [2.05, 4.69) is 28.2 Å². The van der Waals surface area contributed by atoms with Gasteiger partial charge in [0.25, 0.3) is 0 Å². The van der Waals surface area contributed by atoms with Gasteiger partial charge >= 0.3 is 0 Å². The summed E-state index contributed by atoms with van der Waals surface area (Å²) >= 11 is 0. The van der Waals surface area contributed by atoms with Crippen LogP contribution in [0.4, 0.5) is 0 Å². The van der Waals surface area contributed by atoms with Crippen LogP contribution in [0.25, 0.3) is 32.7 Å². The first kappa shape index (κ1) is 14.3. The van der Waals surface area contributed by atoms with E-state index in [1.54, 1.807) is 12.4 Å². The van der Waals surface area contributed by atoms with Crippen molar-refractivity contribution in [3.05, 3.63) is 73.3 Å². The van der Waals surface area contributed by atoms with Crippen molar-refractivity contribution in [3.63, 3.8) is 0 Å². The van der Waals surface area contributed by atoms with Crippen LogP contribution in [0.3, 0.4) is 0 Å². The zero-order chi connectivity index (χ0) is 13.4. The van der Waals surface area contributed by atoms with Gasteiger partial charge < -0.3 is 0 Å². The average Bonchev–Trinajstić information content (AvgIpc) is 2.54. The molecule has 0 N–H and O–H groups in total. The number of benzene rings is 2. The molecule has 4 aromatic rings. The van der Waals surface area contributed by atoms with E-state index in [1.807, 2.05) is 42.7 Å². The van der Waals surface area contributed by atoms with Crippen molar-refractivity contribution in [1.29, 1.82) is 0 Å². The second-order valence-electron chi connectivity index (χ2n) is 4.67. The van der Waals surface area contributed by atoms with Crippen LogP contribution in [0.15, 0.2) is 61.2 Å². The third kappa shape index (κ3) is 2.62. The molecule has 2 aromatic carbocycles. The molecule has 3 heteroatoms. The molecule has 0 saturated carbocycles. The molecule has 0 bridgehead atoms. The molecule has 0 saturated heterocycles. The molecule has 0 atom stereocenters. The largest absolute Gasteiger partial charge is 0.275 e. The fraction of sp³-hybridized carbons (Fsp3) is 0. The van der Waals surface area contributed by atoms with Gasteiger partial charge in [0, 0.05) is 51.3 Å².